The molecule has 1 aromatic carbocycles. The zero-order valence-corrected chi connectivity index (χ0v) is 12.2. The number of aryl methyl sites for hydroxylation is 1. The Kier molecular flexibility index (Phi) is 5.18. The van der Waals surface area contributed by atoms with Crippen LogP contribution in [0.2, 0.25) is 5.02 Å². The summed E-state index contributed by atoms with van der Waals surface area (Å²) in [5, 5.41) is 9.30. The summed E-state index contributed by atoms with van der Waals surface area (Å²) < 4.78 is 0. The van der Waals surface area contributed by atoms with Gasteiger partial charge < -0.3 is 5.11 Å². The molecule has 2 rings (SSSR count). The number of ketones is 1. The number of hydrogen-bond donors (Lipinski definition) is 1. The third-order valence-corrected chi connectivity index (χ3v) is 4.32. The number of Topliss-reactive ketones (excluding diaryl/α,β-unsaturated/α-hetero) is 1. The third-order valence-electron chi connectivity index (χ3n) is 3.99. The minimum atomic E-state index is -1.37. The first-order chi connectivity index (χ1) is 9.58. The van der Waals surface area contributed by atoms with Crippen LogP contribution in [0.3, 0.4) is 0 Å². The number of carboxylic acid groups (broad SMARTS) is 1. The van der Waals surface area contributed by atoms with E-state index in [1.807, 2.05) is 18.2 Å². The summed E-state index contributed by atoms with van der Waals surface area (Å²) >= 11 is 6.34. The fourth-order valence-electron chi connectivity index (χ4n) is 2.84. The van der Waals surface area contributed by atoms with Crippen LogP contribution in [0.25, 0.3) is 0 Å². The zero-order chi connectivity index (χ0) is 14.5. The molecular weight excluding hydrogens is 276 g/mol. The highest BCUT2D eigenvalue weighted by Crippen LogP contribution is 2.36. The number of carboxylic acids is 1. The third kappa shape index (κ3) is 3.83. The fourth-order valence-corrected chi connectivity index (χ4v) is 3.19. The van der Waals surface area contributed by atoms with Crippen LogP contribution in [0.5, 0.6) is 0 Å². The molecule has 0 saturated heterocycles. The van der Waals surface area contributed by atoms with Gasteiger partial charge in [0.15, 0.2) is 0 Å². The second-order valence-corrected chi connectivity index (χ2v) is 5.83. The normalized spacial score (nSPS) is 16.1. The smallest absolute Gasteiger partial charge is 0.372 e. The van der Waals surface area contributed by atoms with Crippen molar-refractivity contribution < 1.29 is 14.7 Å². The van der Waals surface area contributed by atoms with Gasteiger partial charge in [-0.1, -0.05) is 43.0 Å². The summed E-state index contributed by atoms with van der Waals surface area (Å²) in [6, 6.07) is 5.88. The maximum Gasteiger partial charge on any atom is 0.372 e. The SMILES string of the molecule is O=C(O)C(=O)CCc1ccc(C2CCCCC2)c(Cl)c1. The van der Waals surface area contributed by atoms with Gasteiger partial charge in [0.05, 0.1) is 0 Å². The van der Waals surface area contributed by atoms with Crippen LogP contribution in [0.15, 0.2) is 18.2 Å². The zero-order valence-electron chi connectivity index (χ0n) is 11.4. The van der Waals surface area contributed by atoms with Crippen LogP contribution >= 0.6 is 11.6 Å². The number of rotatable bonds is 5. The molecule has 1 aliphatic carbocycles. The van der Waals surface area contributed by atoms with Crippen molar-refractivity contribution in [3.8, 4) is 0 Å². The van der Waals surface area contributed by atoms with Gasteiger partial charge in [-0.05, 0) is 42.4 Å². The van der Waals surface area contributed by atoms with Crippen molar-refractivity contribution in [2.24, 2.45) is 0 Å². The molecule has 1 aliphatic rings. The minimum absolute atomic E-state index is 0.0223. The molecule has 1 fully saturated rings. The van der Waals surface area contributed by atoms with E-state index >= 15 is 0 Å². The first kappa shape index (κ1) is 15.0. The van der Waals surface area contributed by atoms with E-state index < -0.39 is 11.8 Å². The Morgan fingerprint density at radius 2 is 1.90 bits per heavy atom. The van der Waals surface area contributed by atoms with Gasteiger partial charge in [0, 0.05) is 11.4 Å². The maximum atomic E-state index is 11.1. The lowest BCUT2D eigenvalue weighted by Crippen LogP contribution is -2.13. The topological polar surface area (TPSA) is 54.4 Å². The summed E-state index contributed by atoms with van der Waals surface area (Å²) in [7, 11) is 0. The number of benzene rings is 1. The highest BCUT2D eigenvalue weighted by Gasteiger charge is 2.18. The second kappa shape index (κ2) is 6.89. The van der Waals surface area contributed by atoms with E-state index in [1.165, 1.54) is 37.7 Å². The fraction of sp³-hybridized carbons (Fsp3) is 0.500. The van der Waals surface area contributed by atoms with Crippen molar-refractivity contribution in [3.05, 3.63) is 34.3 Å². The van der Waals surface area contributed by atoms with Crippen molar-refractivity contribution in [3.63, 3.8) is 0 Å². The van der Waals surface area contributed by atoms with E-state index in [1.54, 1.807) is 0 Å². The van der Waals surface area contributed by atoms with Gasteiger partial charge in [-0.15, -0.1) is 0 Å². The van der Waals surface area contributed by atoms with Crippen molar-refractivity contribution >= 4 is 23.4 Å². The molecule has 0 atom stereocenters. The Hall–Kier alpha value is -1.35. The molecule has 0 bridgehead atoms. The number of carbonyl (C=O) groups excluding carboxylic acids is 1. The molecule has 4 heteroatoms. The van der Waals surface area contributed by atoms with Crippen LogP contribution in [0, 0.1) is 0 Å². The highest BCUT2D eigenvalue weighted by molar-refractivity contribution is 6.32. The molecule has 1 N–H and O–H groups in total. The average Bonchev–Trinajstić information content (AvgIpc) is 2.45. The molecule has 1 aromatic rings. The first-order valence-corrected chi connectivity index (χ1v) is 7.50. The number of hydrogen-bond acceptors (Lipinski definition) is 2. The van der Waals surface area contributed by atoms with Crippen LogP contribution in [0.1, 0.15) is 55.6 Å². The Bertz CT molecular complexity index is 504. The minimum Gasteiger partial charge on any atom is -0.476 e. The Morgan fingerprint density at radius 1 is 1.20 bits per heavy atom. The standard InChI is InChI=1S/C16H19ClO3/c17-14-10-11(7-9-15(18)16(19)20)6-8-13(14)12-4-2-1-3-5-12/h6,8,10,12H,1-5,7,9H2,(H,19,20). The van der Waals surface area contributed by atoms with Gasteiger partial charge in [0.1, 0.15) is 0 Å². The van der Waals surface area contributed by atoms with Crippen molar-refractivity contribution in [2.45, 2.75) is 50.9 Å². The molecule has 0 aromatic heterocycles. The Morgan fingerprint density at radius 3 is 2.50 bits per heavy atom. The highest BCUT2D eigenvalue weighted by atomic mass is 35.5. The van der Waals surface area contributed by atoms with Crippen LogP contribution in [-0.4, -0.2) is 16.9 Å². The molecule has 0 amide bonds. The Labute approximate surface area is 123 Å². The molecule has 0 heterocycles. The first-order valence-electron chi connectivity index (χ1n) is 7.12. The van der Waals surface area contributed by atoms with Crippen LogP contribution < -0.4 is 0 Å². The van der Waals surface area contributed by atoms with Gasteiger partial charge in [0.2, 0.25) is 5.78 Å². The average molecular weight is 295 g/mol. The summed E-state index contributed by atoms with van der Waals surface area (Å²) in [6.45, 7) is 0. The van der Waals surface area contributed by atoms with Gasteiger partial charge in [-0.25, -0.2) is 4.79 Å². The maximum absolute atomic E-state index is 11.1. The summed E-state index contributed by atoms with van der Waals surface area (Å²) in [6.07, 6.45) is 6.66. The lowest BCUT2D eigenvalue weighted by molar-refractivity contribution is -0.149. The van der Waals surface area contributed by atoms with E-state index in [2.05, 4.69) is 0 Å². The molecular formula is C16H19ClO3. The lowest BCUT2D eigenvalue weighted by atomic mass is 9.83. The molecule has 108 valence electrons. The molecule has 0 radical (unpaired) electrons. The van der Waals surface area contributed by atoms with Crippen molar-refractivity contribution in [1.29, 1.82) is 0 Å². The number of halogens is 1. The van der Waals surface area contributed by atoms with Gasteiger partial charge >= 0.3 is 5.97 Å². The van der Waals surface area contributed by atoms with E-state index in [-0.39, 0.29) is 6.42 Å². The molecule has 0 unspecified atom stereocenters. The van der Waals surface area contributed by atoms with Crippen molar-refractivity contribution in [2.75, 3.05) is 0 Å². The number of aliphatic carboxylic acids is 1. The molecule has 0 aliphatic heterocycles. The van der Waals surface area contributed by atoms with E-state index in [0.717, 1.165) is 10.6 Å². The predicted molar refractivity (Wildman–Crippen MR) is 78.2 cm³/mol. The quantitative estimate of drug-likeness (QED) is 0.836. The molecule has 1 saturated carbocycles. The number of carbonyl (C=O) groups is 2. The second-order valence-electron chi connectivity index (χ2n) is 5.42. The van der Waals surface area contributed by atoms with E-state index in [4.69, 9.17) is 16.7 Å². The van der Waals surface area contributed by atoms with E-state index in [9.17, 15) is 9.59 Å². The molecule has 20 heavy (non-hydrogen) atoms. The van der Waals surface area contributed by atoms with Crippen molar-refractivity contribution in [1.82, 2.24) is 0 Å². The largest absolute Gasteiger partial charge is 0.476 e. The van der Waals surface area contributed by atoms with Crippen LogP contribution in [-0.2, 0) is 16.0 Å². The van der Waals surface area contributed by atoms with E-state index in [0.29, 0.717) is 12.3 Å². The molecule has 3 nitrogen and oxygen atoms in total. The monoisotopic (exact) mass is 294 g/mol. The summed E-state index contributed by atoms with van der Waals surface area (Å²) in [5.41, 5.74) is 2.11. The predicted octanol–water partition coefficient (Wildman–Crippen LogP) is 3.97. The lowest BCUT2D eigenvalue weighted by Gasteiger charge is -2.23. The van der Waals surface area contributed by atoms with Gasteiger partial charge in [-0.3, -0.25) is 4.79 Å². The Balaban J connectivity index is 2.01. The summed E-state index contributed by atoms with van der Waals surface area (Å²) in [4.78, 5) is 21.6. The van der Waals surface area contributed by atoms with Gasteiger partial charge in [-0.2, -0.15) is 0 Å². The van der Waals surface area contributed by atoms with Gasteiger partial charge in [0.25, 0.3) is 0 Å². The van der Waals surface area contributed by atoms with Crippen LogP contribution in [0.4, 0.5) is 0 Å². The molecule has 0 spiro atoms. The summed E-state index contributed by atoms with van der Waals surface area (Å²) in [5.74, 6) is -1.57.